The van der Waals surface area contributed by atoms with Crippen molar-refractivity contribution >= 4 is 5.84 Å². The molecule has 0 radical (unpaired) electrons. The van der Waals surface area contributed by atoms with Crippen LogP contribution in [0.2, 0.25) is 0 Å². The molecule has 0 spiro atoms. The summed E-state index contributed by atoms with van der Waals surface area (Å²) in [4.78, 5) is 6.35. The molecule has 2 heterocycles. The van der Waals surface area contributed by atoms with Crippen LogP contribution in [0.25, 0.3) is 0 Å². The molecule has 5 nitrogen and oxygen atoms in total. The van der Waals surface area contributed by atoms with E-state index in [4.69, 9.17) is 11.5 Å². The van der Waals surface area contributed by atoms with Crippen LogP contribution < -0.4 is 16.8 Å². The Kier molecular flexibility index (Phi) is 3.15. The molecule has 2 rings (SSSR count). The van der Waals surface area contributed by atoms with Crippen LogP contribution in [0.5, 0.6) is 0 Å². The zero-order valence-corrected chi connectivity index (χ0v) is 11.8. The van der Waals surface area contributed by atoms with Gasteiger partial charge in [0, 0.05) is 23.3 Å². The Morgan fingerprint density at radius 2 is 1.83 bits per heavy atom. The summed E-state index contributed by atoms with van der Waals surface area (Å²) in [5.74, 6) is 0.506. The van der Waals surface area contributed by atoms with E-state index in [0.29, 0.717) is 11.9 Å². The maximum atomic E-state index is 6.06. The molecule has 0 saturated carbocycles. The Bertz CT molecular complexity index is 367. The molecule has 5 N–H and O–H groups in total. The summed E-state index contributed by atoms with van der Waals surface area (Å²) in [7, 11) is 0. The van der Waals surface area contributed by atoms with E-state index in [1.54, 1.807) is 0 Å². The van der Waals surface area contributed by atoms with Crippen LogP contribution >= 0.6 is 0 Å². The minimum absolute atomic E-state index is 0.104. The van der Waals surface area contributed by atoms with Crippen molar-refractivity contribution in [2.45, 2.75) is 63.9 Å². The second-order valence-corrected chi connectivity index (χ2v) is 6.69. The smallest absolute Gasteiger partial charge is 0.175 e. The van der Waals surface area contributed by atoms with Crippen LogP contribution in [0.3, 0.4) is 0 Å². The third-order valence-electron chi connectivity index (χ3n) is 3.59. The molecule has 0 aromatic rings. The number of piperidine rings is 1. The molecule has 18 heavy (non-hydrogen) atoms. The van der Waals surface area contributed by atoms with E-state index < -0.39 is 0 Å². The van der Waals surface area contributed by atoms with Gasteiger partial charge >= 0.3 is 0 Å². The molecular formula is C13H25N5. The number of amidine groups is 1. The highest BCUT2D eigenvalue weighted by atomic mass is 15.3. The van der Waals surface area contributed by atoms with Gasteiger partial charge in [0.1, 0.15) is 5.84 Å². The number of hydrogen-bond acceptors (Lipinski definition) is 5. The molecule has 0 aromatic heterocycles. The van der Waals surface area contributed by atoms with Crippen molar-refractivity contribution in [3.63, 3.8) is 0 Å². The second kappa shape index (κ2) is 4.24. The van der Waals surface area contributed by atoms with Gasteiger partial charge in [0.2, 0.25) is 0 Å². The van der Waals surface area contributed by atoms with Crippen molar-refractivity contribution in [2.24, 2.45) is 16.5 Å². The summed E-state index contributed by atoms with van der Waals surface area (Å²) in [6.45, 7) is 8.94. The largest absolute Gasteiger partial charge is 0.384 e. The molecule has 1 fully saturated rings. The Labute approximate surface area is 109 Å². The van der Waals surface area contributed by atoms with E-state index in [1.165, 1.54) is 0 Å². The van der Waals surface area contributed by atoms with Gasteiger partial charge in [-0.2, -0.15) is 0 Å². The van der Waals surface area contributed by atoms with Gasteiger partial charge in [-0.15, -0.1) is 0 Å². The number of hydrogen-bond donors (Lipinski definition) is 3. The average molecular weight is 251 g/mol. The first kappa shape index (κ1) is 13.4. The van der Waals surface area contributed by atoms with E-state index in [1.807, 2.05) is 12.3 Å². The van der Waals surface area contributed by atoms with Crippen molar-refractivity contribution < 1.29 is 0 Å². The SMILES string of the molecule is CC1(C)CC(N2C=CC(N)=NC2N)CC(C)(C)N1. The second-order valence-electron chi connectivity index (χ2n) is 6.69. The molecule has 0 aliphatic carbocycles. The first-order valence-electron chi connectivity index (χ1n) is 6.52. The highest BCUT2D eigenvalue weighted by molar-refractivity contribution is 5.91. The summed E-state index contributed by atoms with van der Waals surface area (Å²) in [6, 6.07) is 0.388. The topological polar surface area (TPSA) is 79.7 Å². The van der Waals surface area contributed by atoms with E-state index in [9.17, 15) is 0 Å². The van der Waals surface area contributed by atoms with Crippen molar-refractivity contribution in [1.82, 2.24) is 10.2 Å². The lowest BCUT2D eigenvalue weighted by atomic mass is 9.79. The first-order chi connectivity index (χ1) is 8.19. The number of nitrogens with two attached hydrogens (primary N) is 2. The van der Waals surface area contributed by atoms with E-state index >= 15 is 0 Å². The van der Waals surface area contributed by atoms with Crippen LogP contribution in [0, 0.1) is 0 Å². The molecule has 0 amide bonds. The number of rotatable bonds is 1. The fourth-order valence-electron chi connectivity index (χ4n) is 3.33. The summed E-state index contributed by atoms with van der Waals surface area (Å²) in [5.41, 5.74) is 11.9. The zero-order valence-electron chi connectivity index (χ0n) is 11.8. The summed E-state index contributed by atoms with van der Waals surface area (Å²) >= 11 is 0. The Hall–Kier alpha value is -1.07. The van der Waals surface area contributed by atoms with Gasteiger partial charge in [0.05, 0.1) is 0 Å². The van der Waals surface area contributed by atoms with Gasteiger partial charge in [-0.1, -0.05) is 0 Å². The molecule has 5 heteroatoms. The Morgan fingerprint density at radius 3 is 2.33 bits per heavy atom. The predicted molar refractivity (Wildman–Crippen MR) is 74.9 cm³/mol. The van der Waals surface area contributed by atoms with Crippen LogP contribution in [0.1, 0.15) is 40.5 Å². The van der Waals surface area contributed by atoms with Crippen molar-refractivity contribution in [2.75, 3.05) is 0 Å². The van der Waals surface area contributed by atoms with Crippen molar-refractivity contribution in [3.8, 4) is 0 Å². The summed E-state index contributed by atoms with van der Waals surface area (Å²) < 4.78 is 0. The predicted octanol–water partition coefficient (Wildman–Crippen LogP) is 0.724. The van der Waals surface area contributed by atoms with Gasteiger partial charge in [0.15, 0.2) is 6.29 Å². The van der Waals surface area contributed by atoms with Crippen LogP contribution in [-0.4, -0.2) is 34.1 Å². The quantitative estimate of drug-likeness (QED) is 0.642. The lowest BCUT2D eigenvalue weighted by molar-refractivity contribution is 0.0730. The number of aliphatic imine (C=N–C) groups is 1. The lowest BCUT2D eigenvalue weighted by Gasteiger charge is -2.50. The third kappa shape index (κ3) is 2.84. The molecule has 2 aliphatic rings. The number of nitrogens with zero attached hydrogens (tertiary/aromatic N) is 2. The molecule has 102 valence electrons. The summed E-state index contributed by atoms with van der Waals surface area (Å²) in [5, 5.41) is 3.67. The minimum Gasteiger partial charge on any atom is -0.384 e. The molecule has 2 aliphatic heterocycles. The lowest BCUT2D eigenvalue weighted by Crippen LogP contribution is -2.63. The Morgan fingerprint density at radius 1 is 1.28 bits per heavy atom. The van der Waals surface area contributed by atoms with Gasteiger partial charge in [-0.25, -0.2) is 4.99 Å². The van der Waals surface area contributed by atoms with Gasteiger partial charge in [-0.05, 0) is 46.6 Å². The minimum atomic E-state index is -0.357. The van der Waals surface area contributed by atoms with E-state index in [-0.39, 0.29) is 17.4 Å². The molecule has 0 bridgehead atoms. The fourth-order valence-corrected chi connectivity index (χ4v) is 3.33. The normalized spacial score (nSPS) is 31.3. The maximum absolute atomic E-state index is 6.06. The fraction of sp³-hybridized carbons (Fsp3) is 0.769. The maximum Gasteiger partial charge on any atom is 0.175 e. The standard InChI is InChI=1S/C13H25N5/c1-12(2)7-9(8-13(3,4)17-12)18-6-5-10(14)16-11(18)15/h5-6,9,11,17H,7-8,15H2,1-4H3,(H2,14,16). The van der Waals surface area contributed by atoms with Crippen LogP contribution in [-0.2, 0) is 0 Å². The third-order valence-corrected chi connectivity index (χ3v) is 3.59. The molecule has 1 atom stereocenters. The van der Waals surface area contributed by atoms with Crippen LogP contribution in [0.4, 0.5) is 0 Å². The molecule has 1 unspecified atom stereocenters. The van der Waals surface area contributed by atoms with Gasteiger partial charge in [0.25, 0.3) is 0 Å². The summed E-state index contributed by atoms with van der Waals surface area (Å²) in [6.07, 6.45) is 5.54. The molecule has 1 saturated heterocycles. The molecule has 0 aromatic carbocycles. The van der Waals surface area contributed by atoms with Crippen LogP contribution in [0.15, 0.2) is 17.3 Å². The average Bonchev–Trinajstić information content (AvgIpc) is 2.11. The Balaban J connectivity index is 2.16. The molecular weight excluding hydrogens is 226 g/mol. The zero-order chi connectivity index (χ0) is 13.6. The van der Waals surface area contributed by atoms with Crippen molar-refractivity contribution in [1.29, 1.82) is 0 Å². The van der Waals surface area contributed by atoms with E-state index in [0.717, 1.165) is 12.8 Å². The first-order valence-corrected chi connectivity index (χ1v) is 6.52. The van der Waals surface area contributed by atoms with Crippen molar-refractivity contribution in [3.05, 3.63) is 12.3 Å². The highest BCUT2D eigenvalue weighted by Gasteiger charge is 2.40. The highest BCUT2D eigenvalue weighted by Crippen LogP contribution is 2.32. The van der Waals surface area contributed by atoms with E-state index in [2.05, 4.69) is 42.9 Å². The number of nitrogens with one attached hydrogen (secondary N) is 1. The monoisotopic (exact) mass is 251 g/mol. The van der Waals surface area contributed by atoms with Gasteiger partial charge in [-0.3, -0.25) is 5.73 Å². The van der Waals surface area contributed by atoms with Gasteiger partial charge < -0.3 is 16.0 Å².